The molecule has 0 fully saturated rings. The monoisotopic (exact) mass is 179 g/mol. The van der Waals surface area contributed by atoms with Crippen LogP contribution in [0.2, 0.25) is 0 Å². The van der Waals surface area contributed by atoms with E-state index in [-0.39, 0.29) is 0 Å². The molecule has 0 aromatic rings. The van der Waals surface area contributed by atoms with Crippen LogP contribution in [-0.2, 0) is 0 Å². The Morgan fingerprint density at radius 3 is 3.00 bits per heavy atom. The molecule has 0 amide bonds. The molecule has 1 aliphatic heterocycles. The zero-order chi connectivity index (χ0) is 8.55. The Hall–Kier alpha value is -1.03. The normalized spacial score (nSPS) is 20.8. The second-order valence-corrected chi connectivity index (χ2v) is 3.40. The fraction of sp³-hybridized carbons (Fsp3) is 0.250. The van der Waals surface area contributed by atoms with E-state index >= 15 is 0 Å². The van der Waals surface area contributed by atoms with Gasteiger partial charge in [0.05, 0.1) is 11.4 Å². The van der Waals surface area contributed by atoms with Crippen molar-refractivity contribution in [1.29, 1.82) is 0 Å². The molecule has 2 aliphatic rings. The van der Waals surface area contributed by atoms with Gasteiger partial charge in [0, 0.05) is 12.1 Å². The molecule has 12 heavy (non-hydrogen) atoms. The van der Waals surface area contributed by atoms with E-state index in [9.17, 15) is 0 Å². The molecule has 0 spiro atoms. The molecule has 0 bridgehead atoms. The van der Waals surface area contributed by atoms with Crippen LogP contribution in [0.5, 0.6) is 0 Å². The third kappa shape index (κ3) is 1.18. The lowest BCUT2D eigenvalue weighted by molar-refractivity contribution is 1.18. The molecule has 2 N–H and O–H groups in total. The number of amidine groups is 1. The van der Waals surface area contributed by atoms with Crippen molar-refractivity contribution in [3.05, 3.63) is 23.5 Å². The van der Waals surface area contributed by atoms with Crippen LogP contribution in [0.25, 0.3) is 0 Å². The summed E-state index contributed by atoms with van der Waals surface area (Å²) in [5.74, 6) is 0. The van der Waals surface area contributed by atoms with Crippen molar-refractivity contribution in [3.8, 4) is 0 Å². The van der Waals surface area contributed by atoms with Gasteiger partial charge < -0.3 is 5.73 Å². The maximum absolute atomic E-state index is 5.66. The molecule has 0 aromatic heterocycles. The number of hydrogen-bond acceptors (Lipinski definition) is 4. The Balaban J connectivity index is 2.32. The first-order valence-electron chi connectivity index (χ1n) is 3.66. The van der Waals surface area contributed by atoms with Gasteiger partial charge in [-0.1, -0.05) is 11.8 Å². The topological polar surface area (TPSA) is 50.7 Å². The van der Waals surface area contributed by atoms with Gasteiger partial charge in [-0.25, -0.2) is 9.98 Å². The largest absolute Gasteiger partial charge is 0.402 e. The summed E-state index contributed by atoms with van der Waals surface area (Å²) >= 11 is 1.56. The minimum absolute atomic E-state index is 0.736. The molecule has 0 saturated heterocycles. The average molecular weight is 179 g/mol. The minimum Gasteiger partial charge on any atom is -0.402 e. The molecule has 3 nitrogen and oxygen atoms in total. The van der Waals surface area contributed by atoms with Crippen LogP contribution in [0.4, 0.5) is 0 Å². The van der Waals surface area contributed by atoms with Crippen molar-refractivity contribution in [1.82, 2.24) is 0 Å². The van der Waals surface area contributed by atoms with Crippen LogP contribution in [-0.4, -0.2) is 17.1 Å². The number of hydrogen-bond donors (Lipinski definition) is 1. The van der Waals surface area contributed by atoms with E-state index in [0.29, 0.717) is 0 Å². The summed E-state index contributed by atoms with van der Waals surface area (Å²) in [6, 6.07) is 0. The van der Waals surface area contributed by atoms with Gasteiger partial charge in [-0.2, -0.15) is 0 Å². The van der Waals surface area contributed by atoms with Gasteiger partial charge in [0.1, 0.15) is 0 Å². The molecule has 0 aromatic carbocycles. The molecule has 0 unspecified atom stereocenters. The number of aliphatic imine (C=N–C) groups is 2. The lowest BCUT2D eigenvalue weighted by Gasteiger charge is -2.05. The Labute approximate surface area is 75.2 Å². The predicted octanol–water partition coefficient (Wildman–Crippen LogP) is 1.29. The quantitative estimate of drug-likeness (QED) is 0.609. The Morgan fingerprint density at radius 2 is 2.25 bits per heavy atom. The van der Waals surface area contributed by atoms with Gasteiger partial charge in [-0.3, -0.25) is 0 Å². The van der Waals surface area contributed by atoms with Crippen LogP contribution in [0.15, 0.2) is 33.5 Å². The van der Waals surface area contributed by atoms with Crippen molar-refractivity contribution in [3.63, 3.8) is 0 Å². The number of rotatable bonds is 0. The summed E-state index contributed by atoms with van der Waals surface area (Å²) in [7, 11) is 0. The second kappa shape index (κ2) is 2.79. The van der Waals surface area contributed by atoms with E-state index in [4.69, 9.17) is 5.73 Å². The molecule has 0 radical (unpaired) electrons. The molecule has 0 saturated carbocycles. The van der Waals surface area contributed by atoms with Crippen molar-refractivity contribution in [2.75, 3.05) is 6.26 Å². The molecule has 62 valence electrons. The van der Waals surface area contributed by atoms with E-state index < -0.39 is 0 Å². The third-order valence-electron chi connectivity index (χ3n) is 1.75. The molecular formula is C8H9N3S. The summed E-state index contributed by atoms with van der Waals surface area (Å²) in [6.07, 6.45) is 6.51. The number of nitrogens with two attached hydrogens (primary N) is 1. The summed E-state index contributed by atoms with van der Waals surface area (Å²) in [5.41, 5.74) is 8.48. The minimum atomic E-state index is 0.736. The zero-order valence-electron chi connectivity index (χ0n) is 6.74. The number of fused-ring (bicyclic) bond motifs is 1. The summed E-state index contributed by atoms with van der Waals surface area (Å²) in [4.78, 5) is 8.62. The Kier molecular flexibility index (Phi) is 1.77. The highest BCUT2D eigenvalue weighted by Gasteiger charge is 2.18. The highest BCUT2D eigenvalue weighted by molar-refractivity contribution is 8.13. The van der Waals surface area contributed by atoms with E-state index in [2.05, 4.69) is 9.98 Å². The molecule has 1 heterocycles. The smallest absolute Gasteiger partial charge is 0.188 e. The van der Waals surface area contributed by atoms with Crippen LogP contribution in [0.1, 0.15) is 6.42 Å². The van der Waals surface area contributed by atoms with E-state index in [1.54, 1.807) is 11.8 Å². The molecule has 2 rings (SSSR count). The van der Waals surface area contributed by atoms with Crippen molar-refractivity contribution in [2.24, 2.45) is 15.7 Å². The first-order valence-corrected chi connectivity index (χ1v) is 4.89. The number of allylic oxidation sites excluding steroid dienone is 4. The Morgan fingerprint density at radius 1 is 1.42 bits per heavy atom. The van der Waals surface area contributed by atoms with Gasteiger partial charge in [0.15, 0.2) is 5.17 Å². The summed E-state index contributed by atoms with van der Waals surface area (Å²) in [5, 5.41) is 0.833. The van der Waals surface area contributed by atoms with E-state index in [1.807, 2.05) is 18.4 Å². The highest BCUT2D eigenvalue weighted by atomic mass is 32.2. The van der Waals surface area contributed by atoms with Crippen molar-refractivity contribution in [2.45, 2.75) is 6.42 Å². The van der Waals surface area contributed by atoms with Gasteiger partial charge in [0.2, 0.25) is 0 Å². The summed E-state index contributed by atoms with van der Waals surface area (Å²) < 4.78 is 0. The van der Waals surface area contributed by atoms with E-state index in [0.717, 1.165) is 28.7 Å². The maximum atomic E-state index is 5.66. The van der Waals surface area contributed by atoms with Crippen LogP contribution < -0.4 is 5.73 Å². The predicted molar refractivity (Wildman–Crippen MR) is 53.4 cm³/mol. The number of thioether (sulfide) groups is 1. The SMILES string of the molecule is CSC1=NC2=CC=C(N)CC2=N1. The third-order valence-corrected chi connectivity index (χ3v) is 2.30. The first-order chi connectivity index (χ1) is 5.79. The maximum Gasteiger partial charge on any atom is 0.188 e. The molecular weight excluding hydrogens is 170 g/mol. The van der Waals surface area contributed by atoms with Crippen molar-refractivity contribution < 1.29 is 0 Å². The second-order valence-electron chi connectivity index (χ2n) is 2.63. The van der Waals surface area contributed by atoms with Gasteiger partial charge in [-0.05, 0) is 18.4 Å². The van der Waals surface area contributed by atoms with Gasteiger partial charge in [0.25, 0.3) is 0 Å². The zero-order valence-corrected chi connectivity index (χ0v) is 7.56. The van der Waals surface area contributed by atoms with Crippen LogP contribution >= 0.6 is 11.8 Å². The lowest BCUT2D eigenvalue weighted by Crippen LogP contribution is -2.09. The van der Waals surface area contributed by atoms with Gasteiger partial charge >= 0.3 is 0 Å². The highest BCUT2D eigenvalue weighted by Crippen LogP contribution is 2.22. The lowest BCUT2D eigenvalue weighted by atomic mass is 10.1. The molecule has 1 aliphatic carbocycles. The van der Waals surface area contributed by atoms with Crippen molar-refractivity contribution >= 4 is 22.6 Å². The number of nitrogens with zero attached hydrogens (tertiary/aromatic N) is 2. The van der Waals surface area contributed by atoms with Gasteiger partial charge in [-0.15, -0.1) is 0 Å². The standard InChI is InChI=1S/C8H9N3S/c1-12-8-10-6-3-2-5(9)4-7(6)11-8/h2-3H,4,9H2,1H3. The fourth-order valence-corrected chi connectivity index (χ4v) is 1.55. The average Bonchev–Trinajstić information content (AvgIpc) is 2.46. The van der Waals surface area contributed by atoms with Crippen LogP contribution in [0.3, 0.4) is 0 Å². The summed E-state index contributed by atoms with van der Waals surface area (Å²) in [6.45, 7) is 0. The molecule has 4 heteroatoms. The first kappa shape index (κ1) is 7.61. The fourth-order valence-electron chi connectivity index (χ4n) is 1.16. The van der Waals surface area contributed by atoms with E-state index in [1.165, 1.54) is 0 Å². The molecule has 0 atom stereocenters. The van der Waals surface area contributed by atoms with Crippen LogP contribution in [0, 0.1) is 0 Å². The Bertz CT molecular complexity index is 336.